The van der Waals surface area contributed by atoms with Crippen molar-refractivity contribution in [3.63, 3.8) is 0 Å². The Hall–Kier alpha value is -4.19. The van der Waals surface area contributed by atoms with E-state index in [-0.39, 0.29) is 23.4 Å². The molecule has 5 rings (SSSR count). The van der Waals surface area contributed by atoms with E-state index >= 15 is 0 Å². The molecule has 0 atom stereocenters. The Morgan fingerprint density at radius 1 is 1.04 bits per heavy atom. The zero-order valence-corrected chi connectivity index (χ0v) is 25.7. The highest BCUT2D eigenvalue weighted by atomic mass is 32.2. The molecule has 236 valence electrons. The minimum atomic E-state index is -4.75. The number of halogens is 4. The van der Waals surface area contributed by atoms with Crippen LogP contribution in [0.5, 0.6) is 5.75 Å². The monoisotopic (exact) mass is 639 g/mol. The van der Waals surface area contributed by atoms with Crippen molar-refractivity contribution in [2.75, 3.05) is 17.2 Å². The molecule has 1 saturated heterocycles. The first-order valence-electron chi connectivity index (χ1n) is 14.7. The quantitative estimate of drug-likeness (QED) is 0.128. The summed E-state index contributed by atoms with van der Waals surface area (Å²) >= 11 is 1.56. The number of amidine groups is 1. The zero-order chi connectivity index (χ0) is 32.0. The molecule has 1 fully saturated rings. The third kappa shape index (κ3) is 8.72. The number of thioether (sulfide) groups is 1. The summed E-state index contributed by atoms with van der Waals surface area (Å²) in [5.41, 5.74) is 4.27. The summed E-state index contributed by atoms with van der Waals surface area (Å²) in [6, 6.07) is 18.0. The van der Waals surface area contributed by atoms with Crippen LogP contribution in [0.4, 0.5) is 23.2 Å². The number of anilines is 1. The lowest BCUT2D eigenvalue weighted by molar-refractivity contribution is -0.274. The molecule has 1 aliphatic rings. The molecule has 45 heavy (non-hydrogen) atoms. The first-order valence-corrected chi connectivity index (χ1v) is 15.7. The number of hydrogen-bond donors (Lipinski definition) is 0. The SMILES string of the molecule is CC(C)c1cc(F)ccc1N1CCCSC1=NC(=O)CCCCc1ccc(-c2ncn(-c3ccc(OC(F)(F)F)cc3)n2)cc1. The van der Waals surface area contributed by atoms with Gasteiger partial charge >= 0.3 is 6.36 Å². The normalized spacial score (nSPS) is 14.7. The van der Waals surface area contributed by atoms with Gasteiger partial charge in [0.05, 0.1) is 5.69 Å². The fourth-order valence-electron chi connectivity index (χ4n) is 5.02. The third-order valence-corrected chi connectivity index (χ3v) is 8.32. The number of carbonyl (C=O) groups excluding carboxylic acids is 1. The van der Waals surface area contributed by atoms with Crippen LogP contribution in [0, 0.1) is 5.82 Å². The Kier molecular flexibility index (Phi) is 10.2. The van der Waals surface area contributed by atoms with Gasteiger partial charge in [-0.2, -0.15) is 4.99 Å². The van der Waals surface area contributed by atoms with Crippen molar-refractivity contribution in [2.24, 2.45) is 4.99 Å². The van der Waals surface area contributed by atoms with Gasteiger partial charge in [0.15, 0.2) is 11.0 Å². The predicted molar refractivity (Wildman–Crippen MR) is 168 cm³/mol. The molecule has 0 bridgehead atoms. The highest BCUT2D eigenvalue weighted by Crippen LogP contribution is 2.33. The van der Waals surface area contributed by atoms with Gasteiger partial charge in [0.2, 0.25) is 5.91 Å². The molecule has 0 radical (unpaired) electrons. The fourth-order valence-corrected chi connectivity index (χ4v) is 5.99. The lowest BCUT2D eigenvalue weighted by Crippen LogP contribution is -2.35. The van der Waals surface area contributed by atoms with Crippen molar-refractivity contribution >= 4 is 28.5 Å². The summed E-state index contributed by atoms with van der Waals surface area (Å²) < 4.78 is 56.5. The van der Waals surface area contributed by atoms with Crippen LogP contribution in [-0.2, 0) is 11.2 Å². The van der Waals surface area contributed by atoms with Gasteiger partial charge in [-0.05, 0) is 85.2 Å². The van der Waals surface area contributed by atoms with E-state index in [1.807, 2.05) is 43.0 Å². The van der Waals surface area contributed by atoms with Crippen LogP contribution in [-0.4, -0.2) is 44.5 Å². The maximum atomic E-state index is 13.9. The molecule has 0 spiro atoms. The number of nitrogens with zero attached hydrogens (tertiary/aromatic N) is 5. The highest BCUT2D eigenvalue weighted by molar-refractivity contribution is 8.14. The Labute approximate surface area is 263 Å². The first-order chi connectivity index (χ1) is 21.6. The number of unbranched alkanes of at least 4 members (excludes halogenated alkanes) is 1. The van der Waals surface area contributed by atoms with Crippen LogP contribution in [0.2, 0.25) is 0 Å². The zero-order valence-electron chi connectivity index (χ0n) is 24.9. The van der Waals surface area contributed by atoms with E-state index in [9.17, 15) is 22.4 Å². The molecule has 2 heterocycles. The Balaban J connectivity index is 1.12. The standard InChI is InChI=1S/C33H33F4N5O2S/c1-22(2)28-20-25(34)12-17-29(28)41-18-5-19-45-32(41)39-30(43)7-4-3-6-23-8-10-24(11-9-23)31-38-21-42(40-31)26-13-15-27(16-14-26)44-33(35,36)37/h8-17,20-22H,3-7,18-19H2,1-2H3. The molecule has 0 aliphatic carbocycles. The van der Waals surface area contributed by atoms with Crippen molar-refractivity contribution in [1.29, 1.82) is 0 Å². The molecule has 3 aromatic carbocycles. The summed E-state index contributed by atoms with van der Waals surface area (Å²) in [7, 11) is 0. The van der Waals surface area contributed by atoms with E-state index < -0.39 is 6.36 Å². The van der Waals surface area contributed by atoms with E-state index in [1.54, 1.807) is 23.9 Å². The van der Waals surface area contributed by atoms with Gasteiger partial charge in [0.25, 0.3) is 0 Å². The first kappa shape index (κ1) is 32.2. The van der Waals surface area contributed by atoms with Gasteiger partial charge in [0.1, 0.15) is 17.9 Å². The lowest BCUT2D eigenvalue weighted by Gasteiger charge is -2.32. The topological polar surface area (TPSA) is 72.6 Å². The van der Waals surface area contributed by atoms with E-state index in [2.05, 4.69) is 19.8 Å². The molecule has 0 saturated carbocycles. The lowest BCUT2D eigenvalue weighted by atomic mass is 10.00. The van der Waals surface area contributed by atoms with Crippen LogP contribution >= 0.6 is 11.8 Å². The molecule has 1 amide bonds. The predicted octanol–water partition coefficient (Wildman–Crippen LogP) is 8.33. The van der Waals surface area contributed by atoms with Crippen LogP contribution in [0.3, 0.4) is 0 Å². The minimum Gasteiger partial charge on any atom is -0.406 e. The second-order valence-corrected chi connectivity index (χ2v) is 12.0. The summed E-state index contributed by atoms with van der Waals surface area (Å²) in [6.45, 7) is 4.80. The van der Waals surface area contributed by atoms with E-state index in [4.69, 9.17) is 0 Å². The number of aromatic nitrogens is 3. The largest absolute Gasteiger partial charge is 0.573 e. The van der Waals surface area contributed by atoms with Crippen molar-refractivity contribution in [3.8, 4) is 22.8 Å². The van der Waals surface area contributed by atoms with Crippen molar-refractivity contribution in [3.05, 3.63) is 90.0 Å². The molecular formula is C33H33F4N5O2S. The van der Waals surface area contributed by atoms with Gasteiger partial charge in [0, 0.05) is 30.0 Å². The second-order valence-electron chi connectivity index (χ2n) is 11.0. The number of carbonyl (C=O) groups is 1. The molecule has 12 heteroatoms. The van der Waals surface area contributed by atoms with Crippen LogP contribution in [0.15, 0.2) is 78.0 Å². The summed E-state index contributed by atoms with van der Waals surface area (Å²) in [5, 5.41) is 5.12. The molecule has 4 aromatic rings. The van der Waals surface area contributed by atoms with Crippen LogP contribution < -0.4 is 9.64 Å². The Bertz CT molecular complexity index is 1640. The second kappa shape index (κ2) is 14.3. The Morgan fingerprint density at radius 3 is 2.51 bits per heavy atom. The smallest absolute Gasteiger partial charge is 0.406 e. The van der Waals surface area contributed by atoms with Gasteiger partial charge in [-0.3, -0.25) is 4.79 Å². The molecule has 7 nitrogen and oxygen atoms in total. The fraction of sp³-hybridized carbons (Fsp3) is 0.333. The summed E-state index contributed by atoms with van der Waals surface area (Å²) in [5.74, 6) is 0.778. The number of alkyl halides is 3. The average molecular weight is 640 g/mol. The highest BCUT2D eigenvalue weighted by Gasteiger charge is 2.31. The molecular weight excluding hydrogens is 606 g/mol. The van der Waals surface area contributed by atoms with Gasteiger partial charge in [-0.15, -0.1) is 18.3 Å². The number of aryl methyl sites for hydroxylation is 1. The molecule has 1 aliphatic heterocycles. The third-order valence-electron chi connectivity index (χ3n) is 7.26. The minimum absolute atomic E-state index is 0.137. The summed E-state index contributed by atoms with van der Waals surface area (Å²) in [6.07, 6.45) is 0.381. The number of hydrogen-bond acceptors (Lipinski definition) is 5. The molecule has 0 N–H and O–H groups in total. The number of amides is 1. The Morgan fingerprint density at radius 2 is 1.80 bits per heavy atom. The van der Waals surface area contributed by atoms with E-state index in [0.717, 1.165) is 53.9 Å². The van der Waals surface area contributed by atoms with E-state index in [0.29, 0.717) is 29.5 Å². The van der Waals surface area contributed by atoms with Crippen molar-refractivity contribution < 1.29 is 27.1 Å². The van der Waals surface area contributed by atoms with Gasteiger partial charge < -0.3 is 9.64 Å². The maximum absolute atomic E-state index is 13.9. The summed E-state index contributed by atoms with van der Waals surface area (Å²) in [4.78, 5) is 23.6. The number of aliphatic imine (C=N–C) groups is 1. The molecule has 0 unspecified atom stereocenters. The van der Waals surface area contributed by atoms with E-state index in [1.165, 1.54) is 41.3 Å². The van der Waals surface area contributed by atoms with Crippen molar-refractivity contribution in [1.82, 2.24) is 14.8 Å². The van der Waals surface area contributed by atoms with Crippen LogP contribution in [0.25, 0.3) is 17.1 Å². The van der Waals surface area contributed by atoms with Gasteiger partial charge in [-0.1, -0.05) is 49.9 Å². The van der Waals surface area contributed by atoms with Crippen molar-refractivity contribution in [2.45, 2.75) is 58.2 Å². The maximum Gasteiger partial charge on any atom is 0.573 e. The number of rotatable bonds is 10. The number of benzene rings is 3. The number of ether oxygens (including phenoxy) is 1. The van der Waals surface area contributed by atoms with Crippen LogP contribution in [0.1, 0.15) is 56.6 Å². The van der Waals surface area contributed by atoms with Gasteiger partial charge in [-0.25, -0.2) is 14.1 Å². The average Bonchev–Trinajstić information content (AvgIpc) is 3.50. The molecule has 1 aromatic heterocycles.